The van der Waals surface area contributed by atoms with Crippen molar-refractivity contribution in [3.05, 3.63) is 58.9 Å². The second-order valence-electron chi connectivity index (χ2n) is 3.85. The van der Waals surface area contributed by atoms with Gasteiger partial charge in [-0.25, -0.2) is 13.8 Å². The molecule has 0 fully saturated rings. The molecule has 2 nitrogen and oxygen atoms in total. The Balaban J connectivity index is 2.25. The van der Waals surface area contributed by atoms with E-state index in [0.717, 1.165) is 6.07 Å². The Hall–Kier alpha value is -1.68. The molecule has 2 rings (SSSR count). The van der Waals surface area contributed by atoms with Crippen LogP contribution in [0.2, 0.25) is 5.15 Å². The molecular weight excluding hydrogens is 258 g/mol. The summed E-state index contributed by atoms with van der Waals surface area (Å²) in [7, 11) is 0. The molecule has 1 heterocycles. The van der Waals surface area contributed by atoms with E-state index in [2.05, 4.69) is 10.3 Å². The molecule has 0 bridgehead atoms. The number of pyridine rings is 1. The van der Waals surface area contributed by atoms with Crippen LogP contribution < -0.4 is 5.32 Å². The summed E-state index contributed by atoms with van der Waals surface area (Å²) in [5.41, 5.74) is 0.824. The molecule has 1 N–H and O–H groups in total. The summed E-state index contributed by atoms with van der Waals surface area (Å²) >= 11 is 5.89. The van der Waals surface area contributed by atoms with Crippen LogP contribution in [0.5, 0.6) is 0 Å². The van der Waals surface area contributed by atoms with Gasteiger partial charge < -0.3 is 5.32 Å². The summed E-state index contributed by atoms with van der Waals surface area (Å²) in [6.07, 6.45) is 1.56. The molecule has 0 saturated heterocycles. The highest BCUT2D eigenvalue weighted by molar-refractivity contribution is 6.31. The van der Waals surface area contributed by atoms with Crippen LogP contribution in [0.1, 0.15) is 18.5 Å². The van der Waals surface area contributed by atoms with Crippen molar-refractivity contribution in [1.29, 1.82) is 0 Å². The van der Waals surface area contributed by atoms with Crippen molar-refractivity contribution < 1.29 is 8.78 Å². The van der Waals surface area contributed by atoms with E-state index < -0.39 is 17.7 Å². The van der Waals surface area contributed by atoms with E-state index in [0.29, 0.717) is 10.8 Å². The molecule has 1 atom stereocenters. The van der Waals surface area contributed by atoms with Crippen molar-refractivity contribution in [2.24, 2.45) is 0 Å². The van der Waals surface area contributed by atoms with Gasteiger partial charge in [-0.15, -0.1) is 0 Å². The number of halogens is 3. The second kappa shape index (κ2) is 5.31. The molecule has 0 radical (unpaired) electrons. The molecule has 18 heavy (non-hydrogen) atoms. The van der Waals surface area contributed by atoms with Gasteiger partial charge in [-0.2, -0.15) is 0 Å². The molecule has 0 aliphatic heterocycles. The minimum Gasteiger partial charge on any atom is -0.376 e. The summed E-state index contributed by atoms with van der Waals surface area (Å²) < 4.78 is 26.7. The first kappa shape index (κ1) is 12.8. The summed E-state index contributed by atoms with van der Waals surface area (Å²) in [6, 6.07) is 7.11. The lowest BCUT2D eigenvalue weighted by atomic mass is 10.1. The van der Waals surface area contributed by atoms with Gasteiger partial charge in [0, 0.05) is 11.8 Å². The maximum atomic E-state index is 13.6. The van der Waals surface area contributed by atoms with Gasteiger partial charge in [0.25, 0.3) is 0 Å². The monoisotopic (exact) mass is 268 g/mol. The van der Waals surface area contributed by atoms with E-state index in [1.807, 2.05) is 0 Å². The Kier molecular flexibility index (Phi) is 3.77. The number of nitrogens with zero attached hydrogens (tertiary/aromatic N) is 1. The van der Waals surface area contributed by atoms with E-state index >= 15 is 0 Å². The summed E-state index contributed by atoms with van der Waals surface area (Å²) in [5, 5.41) is 3.29. The summed E-state index contributed by atoms with van der Waals surface area (Å²) in [6.45, 7) is 1.72. The molecule has 0 amide bonds. The van der Waals surface area contributed by atoms with Gasteiger partial charge in [0.1, 0.15) is 0 Å². The van der Waals surface area contributed by atoms with Gasteiger partial charge >= 0.3 is 0 Å². The van der Waals surface area contributed by atoms with Crippen molar-refractivity contribution >= 4 is 17.3 Å². The number of hydrogen-bond donors (Lipinski definition) is 1. The Labute approximate surface area is 109 Å². The predicted octanol–water partition coefficient (Wildman–Crippen LogP) is 4.19. The second-order valence-corrected chi connectivity index (χ2v) is 4.21. The molecule has 1 aromatic heterocycles. The molecule has 2 aromatic rings. The van der Waals surface area contributed by atoms with E-state index in [1.165, 1.54) is 12.1 Å². The highest BCUT2D eigenvalue weighted by Crippen LogP contribution is 2.26. The molecule has 1 unspecified atom stereocenters. The lowest BCUT2D eigenvalue weighted by Gasteiger charge is -2.17. The number of anilines is 1. The quantitative estimate of drug-likeness (QED) is 0.845. The number of hydrogen-bond acceptors (Lipinski definition) is 2. The fourth-order valence-electron chi connectivity index (χ4n) is 1.66. The maximum absolute atomic E-state index is 13.6. The first-order valence-corrected chi connectivity index (χ1v) is 5.78. The molecule has 0 aliphatic carbocycles. The number of aromatic nitrogens is 1. The summed E-state index contributed by atoms with van der Waals surface area (Å²) in [4.78, 5) is 3.90. The van der Waals surface area contributed by atoms with Crippen LogP contribution in [0.3, 0.4) is 0 Å². The van der Waals surface area contributed by atoms with Crippen LogP contribution in [0, 0.1) is 11.6 Å². The zero-order valence-corrected chi connectivity index (χ0v) is 10.4. The highest BCUT2D eigenvalue weighted by Gasteiger charge is 2.14. The Morgan fingerprint density at radius 2 is 2.00 bits per heavy atom. The first-order valence-electron chi connectivity index (χ1n) is 5.40. The third kappa shape index (κ3) is 2.59. The van der Waals surface area contributed by atoms with Crippen molar-refractivity contribution in [3.8, 4) is 0 Å². The number of rotatable bonds is 3. The SMILES string of the molecule is CC(Nc1cccnc1Cl)c1cccc(F)c1F. The van der Waals surface area contributed by atoms with Gasteiger partial charge in [0.05, 0.1) is 11.7 Å². The zero-order valence-electron chi connectivity index (χ0n) is 9.62. The van der Waals surface area contributed by atoms with Crippen LogP contribution >= 0.6 is 11.6 Å². The minimum absolute atomic E-state index is 0.245. The Morgan fingerprint density at radius 3 is 2.72 bits per heavy atom. The normalized spacial score (nSPS) is 12.2. The first-order chi connectivity index (χ1) is 8.59. The topological polar surface area (TPSA) is 24.9 Å². The molecule has 1 aromatic carbocycles. The van der Waals surface area contributed by atoms with E-state index in [1.54, 1.807) is 25.3 Å². The van der Waals surface area contributed by atoms with Crippen LogP contribution in [0.4, 0.5) is 14.5 Å². The molecule has 0 saturated carbocycles. The van der Waals surface area contributed by atoms with Gasteiger partial charge in [-0.3, -0.25) is 0 Å². The fraction of sp³-hybridized carbons (Fsp3) is 0.154. The standard InChI is InChI=1S/C13H11ClF2N2/c1-8(9-4-2-5-10(15)12(9)16)18-11-6-3-7-17-13(11)14/h2-8,18H,1H3. The smallest absolute Gasteiger partial charge is 0.164 e. The van der Waals surface area contributed by atoms with Crippen LogP contribution in [0.25, 0.3) is 0 Å². The van der Waals surface area contributed by atoms with Crippen LogP contribution in [-0.2, 0) is 0 Å². The predicted molar refractivity (Wildman–Crippen MR) is 67.6 cm³/mol. The maximum Gasteiger partial charge on any atom is 0.164 e. The van der Waals surface area contributed by atoms with Gasteiger partial charge in [-0.05, 0) is 25.1 Å². The number of nitrogens with one attached hydrogen (secondary N) is 1. The van der Waals surface area contributed by atoms with Crippen molar-refractivity contribution in [2.75, 3.05) is 5.32 Å². The lowest BCUT2D eigenvalue weighted by molar-refractivity contribution is 0.494. The average Bonchev–Trinajstić information content (AvgIpc) is 2.35. The lowest BCUT2D eigenvalue weighted by Crippen LogP contribution is -2.10. The molecular formula is C13H11ClF2N2. The molecule has 0 spiro atoms. The van der Waals surface area contributed by atoms with E-state index in [-0.39, 0.29) is 5.56 Å². The van der Waals surface area contributed by atoms with Crippen molar-refractivity contribution in [2.45, 2.75) is 13.0 Å². The van der Waals surface area contributed by atoms with Gasteiger partial charge in [0.15, 0.2) is 16.8 Å². The Bertz CT molecular complexity index is 560. The van der Waals surface area contributed by atoms with Crippen molar-refractivity contribution in [1.82, 2.24) is 4.98 Å². The van der Waals surface area contributed by atoms with Gasteiger partial charge in [0.2, 0.25) is 0 Å². The van der Waals surface area contributed by atoms with Crippen molar-refractivity contribution in [3.63, 3.8) is 0 Å². The minimum atomic E-state index is -0.863. The molecule has 0 aliphatic rings. The summed E-state index contributed by atoms with van der Waals surface area (Å²) in [5.74, 6) is -1.71. The highest BCUT2D eigenvalue weighted by atomic mass is 35.5. The van der Waals surface area contributed by atoms with Crippen LogP contribution in [-0.4, -0.2) is 4.98 Å². The average molecular weight is 269 g/mol. The largest absolute Gasteiger partial charge is 0.376 e. The molecule has 5 heteroatoms. The molecule has 94 valence electrons. The van der Waals surface area contributed by atoms with E-state index in [9.17, 15) is 8.78 Å². The third-order valence-electron chi connectivity index (χ3n) is 2.58. The zero-order chi connectivity index (χ0) is 13.1. The fourth-order valence-corrected chi connectivity index (χ4v) is 1.83. The Morgan fingerprint density at radius 1 is 1.22 bits per heavy atom. The van der Waals surface area contributed by atoms with E-state index in [4.69, 9.17) is 11.6 Å². The van der Waals surface area contributed by atoms with Crippen LogP contribution in [0.15, 0.2) is 36.5 Å². The third-order valence-corrected chi connectivity index (χ3v) is 2.88. The van der Waals surface area contributed by atoms with Gasteiger partial charge in [-0.1, -0.05) is 23.7 Å². The number of benzene rings is 1.